The second-order valence-electron chi connectivity index (χ2n) is 4.57. The molecule has 3 rings (SSSR count). The monoisotopic (exact) mass is 235 g/mol. The van der Waals surface area contributed by atoms with Crippen LogP contribution in [0.4, 0.5) is 0 Å². The van der Waals surface area contributed by atoms with Crippen molar-refractivity contribution < 1.29 is 4.74 Å². The molecule has 0 saturated carbocycles. The molecule has 1 unspecified atom stereocenters. The third-order valence-corrected chi connectivity index (χ3v) is 3.73. The fourth-order valence-electron chi connectivity index (χ4n) is 2.30. The fraction of sp³-hybridized carbons (Fsp3) is 0.385. The van der Waals surface area contributed by atoms with Crippen LogP contribution in [0.15, 0.2) is 18.2 Å². The van der Waals surface area contributed by atoms with Crippen molar-refractivity contribution in [3.63, 3.8) is 0 Å². The Hall–Kier alpha value is -0.990. The summed E-state index contributed by atoms with van der Waals surface area (Å²) in [7, 11) is 0. The molecule has 0 aromatic heterocycles. The Morgan fingerprint density at radius 2 is 2.31 bits per heavy atom. The van der Waals surface area contributed by atoms with Gasteiger partial charge in [0.2, 0.25) is 0 Å². The van der Waals surface area contributed by atoms with Gasteiger partial charge in [-0.1, -0.05) is 17.7 Å². The highest BCUT2D eigenvalue weighted by molar-refractivity contribution is 6.31. The first-order chi connectivity index (χ1) is 7.69. The van der Waals surface area contributed by atoms with Crippen LogP contribution in [0, 0.1) is 6.92 Å². The first-order valence-corrected chi connectivity index (χ1v) is 5.95. The van der Waals surface area contributed by atoms with Crippen LogP contribution < -0.4 is 10.1 Å². The molecule has 1 saturated heterocycles. The van der Waals surface area contributed by atoms with Gasteiger partial charge in [-0.2, -0.15) is 0 Å². The minimum atomic E-state index is -0.132. The van der Waals surface area contributed by atoms with Crippen LogP contribution in [0.1, 0.15) is 17.5 Å². The molecule has 2 aliphatic rings. The predicted molar refractivity (Wildman–Crippen MR) is 66.1 cm³/mol. The zero-order valence-corrected chi connectivity index (χ0v) is 9.97. The van der Waals surface area contributed by atoms with E-state index in [2.05, 4.69) is 17.5 Å². The van der Waals surface area contributed by atoms with E-state index in [1.807, 2.05) is 19.1 Å². The summed E-state index contributed by atoms with van der Waals surface area (Å²) in [6.07, 6.45) is 5.31. The van der Waals surface area contributed by atoms with Crippen molar-refractivity contribution in [2.24, 2.45) is 0 Å². The molecular formula is C13H14ClNO. The average Bonchev–Trinajstić information content (AvgIpc) is 2.69. The van der Waals surface area contributed by atoms with Gasteiger partial charge in [-0.3, -0.25) is 0 Å². The van der Waals surface area contributed by atoms with Gasteiger partial charge in [-0.25, -0.2) is 0 Å². The highest BCUT2D eigenvalue weighted by Crippen LogP contribution is 2.36. The van der Waals surface area contributed by atoms with E-state index in [0.29, 0.717) is 0 Å². The molecule has 0 bridgehead atoms. The highest BCUT2D eigenvalue weighted by Gasteiger charge is 2.35. The van der Waals surface area contributed by atoms with Gasteiger partial charge in [0, 0.05) is 23.6 Å². The first kappa shape index (κ1) is 10.2. The number of benzene rings is 1. The molecule has 3 heteroatoms. The normalized spacial score (nSPS) is 26.9. The summed E-state index contributed by atoms with van der Waals surface area (Å²) < 4.78 is 6.11. The molecule has 1 fully saturated rings. The first-order valence-electron chi connectivity index (χ1n) is 5.58. The zero-order valence-electron chi connectivity index (χ0n) is 9.22. The van der Waals surface area contributed by atoms with E-state index in [1.54, 1.807) is 0 Å². The maximum Gasteiger partial charge on any atom is 0.141 e. The number of ether oxygens (including phenoxy) is 1. The molecule has 2 nitrogen and oxygen atoms in total. The van der Waals surface area contributed by atoms with Crippen molar-refractivity contribution in [1.29, 1.82) is 0 Å². The third-order valence-electron chi connectivity index (χ3n) is 3.32. The van der Waals surface area contributed by atoms with E-state index in [1.165, 1.54) is 0 Å². The number of fused-ring (bicyclic) bond motifs is 1. The predicted octanol–water partition coefficient (Wildman–Crippen LogP) is 2.79. The van der Waals surface area contributed by atoms with Gasteiger partial charge in [-0.05, 0) is 37.2 Å². The Morgan fingerprint density at radius 1 is 1.44 bits per heavy atom. The number of hydrogen-bond donors (Lipinski definition) is 1. The summed E-state index contributed by atoms with van der Waals surface area (Å²) in [6, 6.07) is 4.00. The SMILES string of the molecule is Cc1cc2c(cc1Cl)C=CC1(CCNC1)O2. The largest absolute Gasteiger partial charge is 0.481 e. The maximum absolute atomic E-state index is 6.11. The third kappa shape index (κ3) is 1.53. The van der Waals surface area contributed by atoms with Gasteiger partial charge in [0.1, 0.15) is 11.4 Å². The maximum atomic E-state index is 6.11. The lowest BCUT2D eigenvalue weighted by Gasteiger charge is -2.30. The zero-order chi connectivity index (χ0) is 11.2. The molecule has 84 valence electrons. The van der Waals surface area contributed by atoms with Gasteiger partial charge in [0.15, 0.2) is 0 Å². The number of rotatable bonds is 0. The molecule has 1 aromatic carbocycles. The van der Waals surface area contributed by atoms with Crippen LogP contribution in [0.3, 0.4) is 0 Å². The highest BCUT2D eigenvalue weighted by atomic mass is 35.5. The van der Waals surface area contributed by atoms with E-state index >= 15 is 0 Å². The molecule has 2 aliphatic heterocycles. The quantitative estimate of drug-likeness (QED) is 0.747. The molecule has 1 spiro atoms. The number of halogens is 1. The van der Waals surface area contributed by atoms with Gasteiger partial charge in [0.05, 0.1) is 0 Å². The topological polar surface area (TPSA) is 21.3 Å². The summed E-state index contributed by atoms with van der Waals surface area (Å²) >= 11 is 6.10. The lowest BCUT2D eigenvalue weighted by Crippen LogP contribution is -2.37. The van der Waals surface area contributed by atoms with Crippen LogP contribution in [0.2, 0.25) is 5.02 Å². The molecule has 0 amide bonds. The van der Waals surface area contributed by atoms with Crippen LogP contribution in [-0.4, -0.2) is 18.7 Å². The Labute approximate surface area is 100 Å². The molecule has 1 aromatic rings. The average molecular weight is 236 g/mol. The van der Waals surface area contributed by atoms with E-state index in [9.17, 15) is 0 Å². The molecule has 1 atom stereocenters. The van der Waals surface area contributed by atoms with E-state index < -0.39 is 0 Å². The van der Waals surface area contributed by atoms with Gasteiger partial charge < -0.3 is 10.1 Å². The molecule has 1 N–H and O–H groups in total. The molecule has 0 radical (unpaired) electrons. The van der Waals surface area contributed by atoms with Crippen LogP contribution in [-0.2, 0) is 0 Å². The summed E-state index contributed by atoms with van der Waals surface area (Å²) in [6.45, 7) is 3.92. The van der Waals surface area contributed by atoms with E-state index in [0.717, 1.165) is 41.4 Å². The van der Waals surface area contributed by atoms with Gasteiger partial charge >= 0.3 is 0 Å². The van der Waals surface area contributed by atoms with Crippen LogP contribution >= 0.6 is 11.6 Å². The van der Waals surface area contributed by atoms with Gasteiger partial charge in [-0.15, -0.1) is 0 Å². The van der Waals surface area contributed by atoms with E-state index in [-0.39, 0.29) is 5.60 Å². The second kappa shape index (κ2) is 3.51. The number of nitrogens with one attached hydrogen (secondary N) is 1. The van der Waals surface area contributed by atoms with Crippen molar-refractivity contribution in [3.8, 4) is 5.75 Å². The summed E-state index contributed by atoms with van der Waals surface area (Å²) in [5.41, 5.74) is 2.01. The Morgan fingerprint density at radius 3 is 3.06 bits per heavy atom. The van der Waals surface area contributed by atoms with Crippen molar-refractivity contribution in [2.45, 2.75) is 18.9 Å². The second-order valence-corrected chi connectivity index (χ2v) is 4.97. The Kier molecular flexibility index (Phi) is 2.23. The number of hydrogen-bond acceptors (Lipinski definition) is 2. The molecule has 0 aliphatic carbocycles. The van der Waals surface area contributed by atoms with Crippen molar-refractivity contribution in [1.82, 2.24) is 5.32 Å². The molecule has 2 heterocycles. The minimum absolute atomic E-state index is 0.132. The number of aryl methyl sites for hydroxylation is 1. The van der Waals surface area contributed by atoms with Crippen LogP contribution in [0.5, 0.6) is 5.75 Å². The summed E-state index contributed by atoms with van der Waals surface area (Å²) in [4.78, 5) is 0. The minimum Gasteiger partial charge on any atom is -0.481 e. The standard InChI is InChI=1S/C13H14ClNO/c1-9-6-12-10(7-11(9)14)2-3-13(16-12)4-5-15-8-13/h2-3,6-7,15H,4-5,8H2,1H3. The smallest absolute Gasteiger partial charge is 0.141 e. The molecule has 16 heavy (non-hydrogen) atoms. The van der Waals surface area contributed by atoms with Gasteiger partial charge in [0.25, 0.3) is 0 Å². The fourth-order valence-corrected chi connectivity index (χ4v) is 2.47. The Balaban J connectivity index is 2.03. The summed E-state index contributed by atoms with van der Waals surface area (Å²) in [5.74, 6) is 0.952. The van der Waals surface area contributed by atoms with Crippen molar-refractivity contribution >= 4 is 17.7 Å². The van der Waals surface area contributed by atoms with Crippen molar-refractivity contribution in [2.75, 3.05) is 13.1 Å². The summed E-state index contributed by atoms with van der Waals surface area (Å²) in [5, 5.41) is 4.14. The lowest BCUT2D eigenvalue weighted by atomic mass is 9.97. The van der Waals surface area contributed by atoms with Crippen molar-refractivity contribution in [3.05, 3.63) is 34.4 Å². The molecular weight excluding hydrogens is 222 g/mol. The lowest BCUT2D eigenvalue weighted by molar-refractivity contribution is 0.139. The van der Waals surface area contributed by atoms with E-state index in [4.69, 9.17) is 16.3 Å². The van der Waals surface area contributed by atoms with Crippen LogP contribution in [0.25, 0.3) is 6.08 Å². The Bertz CT molecular complexity index is 461.